The third-order valence-corrected chi connectivity index (χ3v) is 4.25. The average Bonchev–Trinajstić information content (AvgIpc) is 3.10. The van der Waals surface area contributed by atoms with E-state index in [0.29, 0.717) is 18.4 Å². The van der Waals surface area contributed by atoms with Crippen molar-refractivity contribution in [2.45, 2.75) is 44.2 Å². The van der Waals surface area contributed by atoms with Crippen LogP contribution in [0.25, 0.3) is 0 Å². The van der Waals surface area contributed by atoms with Crippen LogP contribution in [0.2, 0.25) is 0 Å². The number of nitrogens with zero attached hydrogens (tertiary/aromatic N) is 2. The molecular weight excluding hydrogens is 274 g/mol. The number of hydrogen-bond donors (Lipinski definition) is 1. The van der Waals surface area contributed by atoms with Gasteiger partial charge in [-0.05, 0) is 49.9 Å². The van der Waals surface area contributed by atoms with E-state index in [1.54, 1.807) is 0 Å². The summed E-state index contributed by atoms with van der Waals surface area (Å²) < 4.78 is 0. The average molecular weight is 296 g/mol. The summed E-state index contributed by atoms with van der Waals surface area (Å²) in [6.07, 6.45) is 8.81. The maximum atomic E-state index is 12.5. The zero-order valence-electron chi connectivity index (χ0n) is 11.6. The molecule has 1 aromatic rings. The van der Waals surface area contributed by atoms with Gasteiger partial charge in [-0.15, -0.1) is 12.4 Å². The van der Waals surface area contributed by atoms with Gasteiger partial charge in [0.1, 0.15) is 0 Å². The van der Waals surface area contributed by atoms with Crippen molar-refractivity contribution in [3.05, 3.63) is 30.1 Å². The minimum atomic E-state index is 0. The smallest absolute Gasteiger partial charge is 0.224 e. The van der Waals surface area contributed by atoms with Crippen molar-refractivity contribution in [2.24, 2.45) is 0 Å². The van der Waals surface area contributed by atoms with Crippen LogP contribution in [0.1, 0.15) is 43.7 Å². The summed E-state index contributed by atoms with van der Waals surface area (Å²) in [4.78, 5) is 18.6. The molecule has 1 aromatic heterocycles. The van der Waals surface area contributed by atoms with Crippen molar-refractivity contribution < 1.29 is 4.79 Å². The highest BCUT2D eigenvalue weighted by Gasteiger charge is 2.31. The normalized spacial score (nSPS) is 25.5. The zero-order chi connectivity index (χ0) is 13.1. The van der Waals surface area contributed by atoms with Crippen molar-refractivity contribution in [2.75, 3.05) is 13.1 Å². The quantitative estimate of drug-likeness (QED) is 0.931. The van der Waals surface area contributed by atoms with Gasteiger partial charge in [-0.2, -0.15) is 0 Å². The molecule has 0 aromatic carbocycles. The fraction of sp³-hybridized carbons (Fsp3) is 0.600. The van der Waals surface area contributed by atoms with Crippen LogP contribution in [0.5, 0.6) is 0 Å². The first-order chi connectivity index (χ1) is 9.34. The maximum absolute atomic E-state index is 12.5. The SMILES string of the molecule is Cl.O=C(CC1CCCN1)N1CCCC1c1ccncc1. The van der Waals surface area contributed by atoms with Crippen molar-refractivity contribution in [3.8, 4) is 0 Å². The third-order valence-electron chi connectivity index (χ3n) is 4.25. The molecule has 4 nitrogen and oxygen atoms in total. The Labute approximate surface area is 126 Å². The maximum Gasteiger partial charge on any atom is 0.224 e. The van der Waals surface area contributed by atoms with Gasteiger partial charge in [0.2, 0.25) is 5.91 Å². The van der Waals surface area contributed by atoms with Gasteiger partial charge in [0.15, 0.2) is 0 Å². The number of nitrogens with one attached hydrogen (secondary N) is 1. The molecule has 1 amide bonds. The van der Waals surface area contributed by atoms with Gasteiger partial charge < -0.3 is 10.2 Å². The van der Waals surface area contributed by atoms with Crippen molar-refractivity contribution >= 4 is 18.3 Å². The Kier molecular flexibility index (Phi) is 5.38. The summed E-state index contributed by atoms with van der Waals surface area (Å²) in [5, 5.41) is 3.41. The Morgan fingerprint density at radius 2 is 2.10 bits per heavy atom. The zero-order valence-corrected chi connectivity index (χ0v) is 12.4. The summed E-state index contributed by atoms with van der Waals surface area (Å²) >= 11 is 0. The van der Waals surface area contributed by atoms with Gasteiger partial charge in [0.25, 0.3) is 0 Å². The van der Waals surface area contributed by atoms with E-state index in [9.17, 15) is 4.79 Å². The number of amides is 1. The van der Waals surface area contributed by atoms with E-state index in [1.807, 2.05) is 24.5 Å². The molecule has 0 saturated carbocycles. The second kappa shape index (κ2) is 7.04. The van der Waals surface area contributed by atoms with E-state index in [-0.39, 0.29) is 18.4 Å². The minimum Gasteiger partial charge on any atom is -0.336 e. The molecule has 2 atom stereocenters. The Morgan fingerprint density at radius 1 is 1.30 bits per heavy atom. The van der Waals surface area contributed by atoms with Crippen LogP contribution in [-0.2, 0) is 4.79 Å². The highest BCUT2D eigenvalue weighted by atomic mass is 35.5. The van der Waals surface area contributed by atoms with Crippen LogP contribution in [0, 0.1) is 0 Å². The van der Waals surface area contributed by atoms with Crippen molar-refractivity contribution in [1.29, 1.82) is 0 Å². The number of hydrogen-bond acceptors (Lipinski definition) is 3. The van der Waals surface area contributed by atoms with E-state index in [2.05, 4.69) is 15.2 Å². The Balaban J connectivity index is 0.00000147. The van der Waals surface area contributed by atoms with Crippen LogP contribution < -0.4 is 5.32 Å². The molecule has 20 heavy (non-hydrogen) atoms. The molecular formula is C15H22ClN3O. The molecule has 0 bridgehead atoms. The number of carbonyl (C=O) groups is 1. The number of carbonyl (C=O) groups excluding carboxylic acids is 1. The third kappa shape index (κ3) is 3.30. The van der Waals surface area contributed by atoms with E-state index >= 15 is 0 Å². The molecule has 2 saturated heterocycles. The lowest BCUT2D eigenvalue weighted by molar-refractivity contribution is -0.132. The van der Waals surface area contributed by atoms with Gasteiger partial charge in [-0.25, -0.2) is 0 Å². The van der Waals surface area contributed by atoms with Crippen LogP contribution in [0.15, 0.2) is 24.5 Å². The minimum absolute atomic E-state index is 0. The number of aromatic nitrogens is 1. The first kappa shape index (κ1) is 15.3. The van der Waals surface area contributed by atoms with Crippen molar-refractivity contribution in [1.82, 2.24) is 15.2 Å². The van der Waals surface area contributed by atoms with E-state index < -0.39 is 0 Å². The molecule has 2 aliphatic rings. The summed E-state index contributed by atoms with van der Waals surface area (Å²) in [5.74, 6) is 0.304. The molecule has 2 aliphatic heterocycles. The van der Waals surface area contributed by atoms with Crippen LogP contribution in [0.3, 0.4) is 0 Å². The van der Waals surface area contributed by atoms with Crippen LogP contribution in [-0.4, -0.2) is 34.9 Å². The van der Waals surface area contributed by atoms with Gasteiger partial charge in [0, 0.05) is 31.4 Å². The second-order valence-corrected chi connectivity index (χ2v) is 5.52. The van der Waals surface area contributed by atoms with Gasteiger partial charge >= 0.3 is 0 Å². The van der Waals surface area contributed by atoms with E-state index in [4.69, 9.17) is 0 Å². The monoisotopic (exact) mass is 295 g/mol. The summed E-state index contributed by atoms with van der Waals surface area (Å²) in [6.45, 7) is 1.96. The molecule has 2 unspecified atom stereocenters. The van der Waals surface area contributed by atoms with Gasteiger partial charge in [0.05, 0.1) is 6.04 Å². The first-order valence-corrected chi connectivity index (χ1v) is 7.27. The number of rotatable bonds is 3. The standard InChI is InChI=1S/C15H21N3O.ClH/c19-15(11-13-3-1-7-17-13)18-10-2-4-14(18)12-5-8-16-9-6-12;/h5-6,8-9,13-14,17H,1-4,7,10-11H2;1H. The molecule has 0 radical (unpaired) electrons. The summed E-state index contributed by atoms with van der Waals surface area (Å²) in [7, 11) is 0. The lowest BCUT2D eigenvalue weighted by atomic mass is 10.1. The van der Waals surface area contributed by atoms with Gasteiger partial charge in [-0.1, -0.05) is 0 Å². The molecule has 1 N–H and O–H groups in total. The Morgan fingerprint density at radius 3 is 2.80 bits per heavy atom. The first-order valence-electron chi connectivity index (χ1n) is 7.27. The van der Waals surface area contributed by atoms with E-state index in [0.717, 1.165) is 32.4 Å². The summed E-state index contributed by atoms with van der Waals surface area (Å²) in [6, 6.07) is 4.72. The predicted molar refractivity (Wildman–Crippen MR) is 80.8 cm³/mol. The van der Waals surface area contributed by atoms with E-state index in [1.165, 1.54) is 12.0 Å². The number of halogens is 1. The topological polar surface area (TPSA) is 45.2 Å². The Bertz CT molecular complexity index is 434. The summed E-state index contributed by atoms with van der Waals surface area (Å²) in [5.41, 5.74) is 1.22. The predicted octanol–water partition coefficient (Wildman–Crippen LogP) is 2.31. The lowest BCUT2D eigenvalue weighted by Crippen LogP contribution is -2.35. The molecule has 3 rings (SSSR count). The fourth-order valence-corrected chi connectivity index (χ4v) is 3.26. The van der Waals surface area contributed by atoms with Crippen LogP contribution in [0.4, 0.5) is 0 Å². The second-order valence-electron chi connectivity index (χ2n) is 5.52. The molecule has 0 aliphatic carbocycles. The Hall–Kier alpha value is -1.13. The number of likely N-dealkylation sites (tertiary alicyclic amines) is 1. The fourth-order valence-electron chi connectivity index (χ4n) is 3.26. The highest BCUT2D eigenvalue weighted by molar-refractivity contribution is 5.85. The van der Waals surface area contributed by atoms with Crippen LogP contribution >= 0.6 is 12.4 Å². The molecule has 2 fully saturated rings. The molecule has 110 valence electrons. The molecule has 5 heteroatoms. The molecule has 0 spiro atoms. The van der Waals surface area contributed by atoms with Crippen molar-refractivity contribution in [3.63, 3.8) is 0 Å². The highest BCUT2D eigenvalue weighted by Crippen LogP contribution is 2.32. The largest absolute Gasteiger partial charge is 0.336 e. The van der Waals surface area contributed by atoms with Gasteiger partial charge in [-0.3, -0.25) is 9.78 Å². The number of pyridine rings is 1. The lowest BCUT2D eigenvalue weighted by Gasteiger charge is -2.26. The molecule has 3 heterocycles.